The number of aryl methyl sites for hydroxylation is 1. The molecule has 1 aromatic carbocycles. The monoisotopic (exact) mass is 413 g/mol. The van der Waals surface area contributed by atoms with Crippen LogP contribution in [0.4, 0.5) is 4.39 Å². The van der Waals surface area contributed by atoms with E-state index in [1.807, 2.05) is 20.8 Å². The van der Waals surface area contributed by atoms with Crippen LogP contribution >= 0.6 is 11.6 Å². The smallest absolute Gasteiger partial charge is 0.179 e. The summed E-state index contributed by atoms with van der Waals surface area (Å²) >= 11 is 6.24. The lowest BCUT2D eigenvalue weighted by molar-refractivity contribution is 0.517. The topological polar surface area (TPSA) is 78.0 Å². The minimum atomic E-state index is -3.37. The molecule has 0 amide bonds. The molecule has 2 N–H and O–H groups in total. The van der Waals surface area contributed by atoms with Crippen molar-refractivity contribution in [1.29, 1.82) is 0 Å². The third-order valence-electron chi connectivity index (χ3n) is 4.36. The molecule has 0 radical (unpaired) electrons. The van der Waals surface area contributed by atoms with Gasteiger partial charge in [-0.3, -0.25) is 4.68 Å². The highest BCUT2D eigenvalue weighted by Crippen LogP contribution is 2.26. The summed E-state index contributed by atoms with van der Waals surface area (Å²) in [6, 6.07) is 5.00. The first kappa shape index (κ1) is 21.6. The Bertz CT molecular complexity index is 952. The molecule has 0 aliphatic carbocycles. The van der Waals surface area contributed by atoms with Crippen LogP contribution in [0.25, 0.3) is 0 Å². The number of aromatic nitrogens is 2. The predicted molar refractivity (Wildman–Crippen MR) is 107 cm³/mol. The zero-order chi connectivity index (χ0) is 20.2. The van der Waals surface area contributed by atoms with Crippen molar-refractivity contribution in [3.8, 4) is 0 Å². The minimum absolute atomic E-state index is 0.0405. The van der Waals surface area contributed by atoms with Crippen LogP contribution in [-0.4, -0.2) is 30.5 Å². The third-order valence-corrected chi connectivity index (χ3v) is 6.75. The first-order valence-corrected chi connectivity index (χ1v) is 10.8. The molecule has 0 atom stereocenters. The fourth-order valence-electron chi connectivity index (χ4n) is 2.97. The van der Waals surface area contributed by atoms with Gasteiger partial charge in [-0.05, 0) is 44.0 Å². The highest BCUT2D eigenvalue weighted by atomic mass is 35.5. The summed E-state index contributed by atoms with van der Waals surface area (Å²) in [6.45, 7) is 5.75. The van der Waals surface area contributed by atoms with Crippen LogP contribution in [0.15, 0.2) is 35.0 Å². The van der Waals surface area contributed by atoms with Crippen LogP contribution in [0.3, 0.4) is 0 Å². The third kappa shape index (κ3) is 5.18. The molecular formula is C19H25ClFN3O2S. The van der Waals surface area contributed by atoms with Crippen molar-refractivity contribution in [2.45, 2.75) is 45.1 Å². The molecule has 1 aromatic heterocycles. The van der Waals surface area contributed by atoms with E-state index in [1.54, 1.807) is 22.9 Å². The summed E-state index contributed by atoms with van der Waals surface area (Å²) in [7, 11) is -3.37. The number of hydrogen-bond acceptors (Lipinski definition) is 4. The fraction of sp³-hybridized carbons (Fsp3) is 0.421. The SMILES string of the molecule is CCCS(=O)(=O)c1ccc(Cc2c(C)nn(C/C(F)=C/CN)c2C)cc1Cl. The van der Waals surface area contributed by atoms with E-state index in [0.717, 1.165) is 22.5 Å². The van der Waals surface area contributed by atoms with Gasteiger partial charge in [-0.25, -0.2) is 12.8 Å². The molecule has 0 spiro atoms. The molecular weight excluding hydrogens is 389 g/mol. The van der Waals surface area contributed by atoms with E-state index in [4.69, 9.17) is 17.3 Å². The Hall–Kier alpha value is -1.70. The molecule has 148 valence electrons. The predicted octanol–water partition coefficient (Wildman–Crippen LogP) is 3.74. The molecule has 0 fully saturated rings. The van der Waals surface area contributed by atoms with E-state index in [0.29, 0.717) is 12.8 Å². The average molecular weight is 414 g/mol. The number of nitrogens with two attached hydrogens (primary N) is 1. The molecule has 27 heavy (non-hydrogen) atoms. The van der Waals surface area contributed by atoms with Gasteiger partial charge in [0.2, 0.25) is 0 Å². The van der Waals surface area contributed by atoms with Crippen LogP contribution in [0.1, 0.15) is 35.9 Å². The van der Waals surface area contributed by atoms with Crippen LogP contribution in [0, 0.1) is 13.8 Å². The van der Waals surface area contributed by atoms with Gasteiger partial charge in [-0.2, -0.15) is 5.10 Å². The molecule has 2 rings (SSSR count). The van der Waals surface area contributed by atoms with Crippen LogP contribution in [0.5, 0.6) is 0 Å². The summed E-state index contributed by atoms with van der Waals surface area (Å²) in [4.78, 5) is 0.160. The van der Waals surface area contributed by atoms with E-state index in [-0.39, 0.29) is 34.6 Å². The van der Waals surface area contributed by atoms with E-state index < -0.39 is 9.84 Å². The first-order valence-electron chi connectivity index (χ1n) is 8.78. The summed E-state index contributed by atoms with van der Waals surface area (Å²) in [5, 5.41) is 4.62. The van der Waals surface area contributed by atoms with Gasteiger partial charge in [-0.1, -0.05) is 24.6 Å². The second kappa shape index (κ2) is 8.99. The number of benzene rings is 1. The Morgan fingerprint density at radius 2 is 2.07 bits per heavy atom. The number of sulfone groups is 1. The minimum Gasteiger partial charge on any atom is -0.327 e. The summed E-state index contributed by atoms with van der Waals surface area (Å²) in [5.41, 5.74) is 8.83. The Labute approximate surface area is 164 Å². The van der Waals surface area contributed by atoms with E-state index in [9.17, 15) is 12.8 Å². The summed E-state index contributed by atoms with van der Waals surface area (Å²) < 4.78 is 39.8. The molecule has 0 aliphatic heterocycles. The Balaban J connectivity index is 2.29. The number of rotatable bonds is 8. The van der Waals surface area contributed by atoms with Crippen LogP contribution in [-0.2, 0) is 22.8 Å². The van der Waals surface area contributed by atoms with Gasteiger partial charge in [0, 0.05) is 24.2 Å². The lowest BCUT2D eigenvalue weighted by atomic mass is 10.0. The standard InChI is InChI=1S/C19H25ClFN3O2S/c1-4-9-27(25,26)19-6-5-15(11-18(19)20)10-17-13(2)23-24(14(17)3)12-16(21)7-8-22/h5-7,11H,4,8-10,12,22H2,1-3H3/b16-7-. The molecule has 5 nitrogen and oxygen atoms in total. The van der Waals surface area contributed by atoms with Crippen molar-refractivity contribution in [2.75, 3.05) is 12.3 Å². The number of halogens is 2. The number of allylic oxidation sites excluding steroid dienone is 1. The first-order chi connectivity index (χ1) is 12.7. The maximum atomic E-state index is 13.8. The quantitative estimate of drug-likeness (QED) is 0.715. The highest BCUT2D eigenvalue weighted by Gasteiger charge is 2.18. The maximum Gasteiger partial charge on any atom is 0.179 e. The van der Waals surface area contributed by atoms with Gasteiger partial charge in [0.15, 0.2) is 9.84 Å². The Kier molecular flexibility index (Phi) is 7.19. The summed E-state index contributed by atoms with van der Waals surface area (Å²) in [5.74, 6) is -0.262. The average Bonchev–Trinajstić information content (AvgIpc) is 2.82. The van der Waals surface area contributed by atoms with Crippen molar-refractivity contribution in [1.82, 2.24) is 9.78 Å². The number of nitrogens with zero attached hydrogens (tertiary/aromatic N) is 2. The number of hydrogen-bond donors (Lipinski definition) is 1. The zero-order valence-corrected chi connectivity index (χ0v) is 17.4. The molecule has 1 heterocycles. The van der Waals surface area contributed by atoms with Gasteiger partial charge < -0.3 is 5.73 Å². The van der Waals surface area contributed by atoms with Crippen molar-refractivity contribution in [2.24, 2.45) is 5.73 Å². The lowest BCUT2D eigenvalue weighted by Crippen LogP contribution is -2.07. The molecule has 2 aromatic rings. The fourth-order valence-corrected chi connectivity index (χ4v) is 4.91. The van der Waals surface area contributed by atoms with Crippen LogP contribution in [0.2, 0.25) is 5.02 Å². The van der Waals surface area contributed by atoms with Crippen molar-refractivity contribution in [3.63, 3.8) is 0 Å². The largest absolute Gasteiger partial charge is 0.327 e. The van der Waals surface area contributed by atoms with Gasteiger partial charge in [0.05, 0.1) is 27.9 Å². The van der Waals surface area contributed by atoms with Gasteiger partial charge in [0.25, 0.3) is 0 Å². The Morgan fingerprint density at radius 3 is 2.67 bits per heavy atom. The molecule has 8 heteroatoms. The normalized spacial score (nSPS) is 12.6. The highest BCUT2D eigenvalue weighted by molar-refractivity contribution is 7.91. The van der Waals surface area contributed by atoms with Gasteiger partial charge in [0.1, 0.15) is 5.83 Å². The van der Waals surface area contributed by atoms with Crippen molar-refractivity contribution >= 4 is 21.4 Å². The molecule has 0 bridgehead atoms. The van der Waals surface area contributed by atoms with Crippen LogP contribution < -0.4 is 5.73 Å². The maximum absolute atomic E-state index is 13.8. The van der Waals surface area contributed by atoms with Crippen molar-refractivity contribution < 1.29 is 12.8 Å². The second-order valence-electron chi connectivity index (χ2n) is 6.45. The molecule has 0 unspecified atom stereocenters. The zero-order valence-electron chi connectivity index (χ0n) is 15.8. The van der Waals surface area contributed by atoms with E-state index in [2.05, 4.69) is 5.10 Å². The molecule has 0 saturated carbocycles. The lowest BCUT2D eigenvalue weighted by Gasteiger charge is -2.09. The summed E-state index contributed by atoms with van der Waals surface area (Å²) in [6.07, 6.45) is 2.40. The molecule has 0 aliphatic rings. The Morgan fingerprint density at radius 1 is 1.37 bits per heavy atom. The molecule has 0 saturated heterocycles. The van der Waals surface area contributed by atoms with Crippen molar-refractivity contribution in [3.05, 3.63) is 57.6 Å². The van der Waals surface area contributed by atoms with Gasteiger partial charge in [-0.15, -0.1) is 0 Å². The second-order valence-corrected chi connectivity index (χ2v) is 8.94. The van der Waals surface area contributed by atoms with E-state index in [1.165, 1.54) is 6.08 Å². The van der Waals surface area contributed by atoms with E-state index >= 15 is 0 Å². The van der Waals surface area contributed by atoms with Gasteiger partial charge >= 0.3 is 0 Å².